The lowest BCUT2D eigenvalue weighted by molar-refractivity contribution is -0.120. The molecule has 138 valence electrons. The molecule has 1 atom stereocenters. The van der Waals surface area contributed by atoms with Crippen LogP contribution in [0.3, 0.4) is 0 Å². The normalized spacial score (nSPS) is 16.0. The molecule has 1 heterocycles. The number of nitrogens with zero attached hydrogens (tertiary/aromatic N) is 1. The van der Waals surface area contributed by atoms with E-state index < -0.39 is 0 Å². The highest BCUT2D eigenvalue weighted by molar-refractivity contribution is 5.78. The zero-order valence-electron chi connectivity index (χ0n) is 15.5. The molecule has 1 aliphatic rings. The molecule has 0 unspecified atom stereocenters. The number of carbonyl (C=O) groups excluding carboxylic acids is 1. The van der Waals surface area contributed by atoms with Crippen LogP contribution in [0.25, 0.3) is 0 Å². The van der Waals surface area contributed by atoms with Crippen molar-refractivity contribution in [2.75, 3.05) is 26.7 Å². The zero-order valence-corrected chi connectivity index (χ0v) is 15.5. The van der Waals surface area contributed by atoms with Gasteiger partial charge in [-0.25, -0.2) is 0 Å². The molecule has 2 aromatic carbocycles. The molecule has 0 spiro atoms. The second kappa shape index (κ2) is 9.39. The fourth-order valence-electron chi connectivity index (χ4n) is 3.57. The van der Waals surface area contributed by atoms with Crippen LogP contribution < -0.4 is 10.1 Å². The summed E-state index contributed by atoms with van der Waals surface area (Å²) in [6, 6.07) is 18.3. The van der Waals surface area contributed by atoms with Gasteiger partial charge in [0.2, 0.25) is 5.91 Å². The number of benzene rings is 2. The molecule has 1 saturated heterocycles. The summed E-state index contributed by atoms with van der Waals surface area (Å²) in [7, 11) is 1.68. The number of piperidine rings is 1. The largest absolute Gasteiger partial charge is 0.497 e. The van der Waals surface area contributed by atoms with Crippen molar-refractivity contribution in [2.24, 2.45) is 0 Å². The summed E-state index contributed by atoms with van der Waals surface area (Å²) in [6.45, 7) is 2.81. The van der Waals surface area contributed by atoms with Crippen LogP contribution in [-0.2, 0) is 11.2 Å². The number of carbonyl (C=O) groups is 1. The fourth-order valence-corrected chi connectivity index (χ4v) is 3.57. The van der Waals surface area contributed by atoms with E-state index in [9.17, 15) is 4.79 Å². The van der Waals surface area contributed by atoms with Gasteiger partial charge in [-0.15, -0.1) is 0 Å². The molecule has 3 rings (SSSR count). The lowest BCUT2D eigenvalue weighted by Gasteiger charge is -2.35. The van der Waals surface area contributed by atoms with Crippen molar-refractivity contribution in [3.63, 3.8) is 0 Å². The monoisotopic (exact) mass is 352 g/mol. The number of amides is 1. The fraction of sp³-hybridized carbons (Fsp3) is 0.409. The van der Waals surface area contributed by atoms with Crippen LogP contribution in [0, 0.1) is 0 Å². The topological polar surface area (TPSA) is 41.6 Å². The summed E-state index contributed by atoms with van der Waals surface area (Å²) in [5.74, 6) is 0.936. The SMILES string of the molecule is COc1ccc([C@H](CNC(=O)Cc2ccccc2)N2CCCCC2)cc1. The Hall–Kier alpha value is -2.33. The Morgan fingerprint density at radius 2 is 1.73 bits per heavy atom. The van der Waals surface area contributed by atoms with Crippen LogP contribution in [-0.4, -0.2) is 37.6 Å². The minimum Gasteiger partial charge on any atom is -0.497 e. The van der Waals surface area contributed by atoms with E-state index in [-0.39, 0.29) is 11.9 Å². The molecule has 1 aliphatic heterocycles. The maximum Gasteiger partial charge on any atom is 0.224 e. The van der Waals surface area contributed by atoms with Crippen molar-refractivity contribution in [1.29, 1.82) is 0 Å². The third kappa shape index (κ3) is 5.09. The minimum atomic E-state index is 0.0757. The van der Waals surface area contributed by atoms with Crippen LogP contribution in [0.1, 0.15) is 36.4 Å². The predicted molar refractivity (Wildman–Crippen MR) is 104 cm³/mol. The van der Waals surface area contributed by atoms with Gasteiger partial charge in [-0.3, -0.25) is 9.69 Å². The number of methoxy groups -OCH3 is 1. The average Bonchev–Trinajstić information content (AvgIpc) is 2.70. The van der Waals surface area contributed by atoms with Gasteiger partial charge >= 0.3 is 0 Å². The first-order valence-electron chi connectivity index (χ1n) is 9.45. The summed E-state index contributed by atoms with van der Waals surface area (Å²) in [6.07, 6.45) is 4.18. The summed E-state index contributed by atoms with van der Waals surface area (Å²) in [5.41, 5.74) is 2.27. The van der Waals surface area contributed by atoms with Gasteiger partial charge in [0.15, 0.2) is 0 Å². The van der Waals surface area contributed by atoms with E-state index in [4.69, 9.17) is 4.74 Å². The lowest BCUT2D eigenvalue weighted by atomic mass is 10.0. The molecule has 0 aliphatic carbocycles. The molecule has 4 nitrogen and oxygen atoms in total. The van der Waals surface area contributed by atoms with Crippen LogP contribution in [0.2, 0.25) is 0 Å². The van der Waals surface area contributed by atoms with Crippen molar-refractivity contribution in [2.45, 2.75) is 31.7 Å². The van der Waals surface area contributed by atoms with Gasteiger partial charge in [0.1, 0.15) is 5.75 Å². The Balaban J connectivity index is 1.65. The molecule has 2 aromatic rings. The molecule has 1 amide bonds. The van der Waals surface area contributed by atoms with Crippen molar-refractivity contribution < 1.29 is 9.53 Å². The summed E-state index contributed by atoms with van der Waals surface area (Å²) in [4.78, 5) is 14.9. The van der Waals surface area contributed by atoms with Crippen molar-refractivity contribution in [3.8, 4) is 5.75 Å². The van der Waals surface area contributed by atoms with Crippen molar-refractivity contribution in [3.05, 3.63) is 65.7 Å². The van der Waals surface area contributed by atoms with Gasteiger partial charge in [0, 0.05) is 6.54 Å². The Morgan fingerprint density at radius 3 is 2.38 bits per heavy atom. The van der Waals surface area contributed by atoms with Crippen molar-refractivity contribution >= 4 is 5.91 Å². The number of hydrogen-bond donors (Lipinski definition) is 1. The molecule has 1 N–H and O–H groups in total. The molecular formula is C22H28N2O2. The molecule has 26 heavy (non-hydrogen) atoms. The van der Waals surface area contributed by atoms with Crippen LogP contribution in [0.5, 0.6) is 5.75 Å². The Kier molecular flexibility index (Phi) is 6.67. The maximum atomic E-state index is 12.4. The predicted octanol–water partition coefficient (Wildman–Crippen LogP) is 3.58. The molecule has 0 aromatic heterocycles. The Bertz CT molecular complexity index is 679. The van der Waals surface area contributed by atoms with Crippen LogP contribution in [0.15, 0.2) is 54.6 Å². The van der Waals surface area contributed by atoms with Gasteiger partial charge in [0.25, 0.3) is 0 Å². The highest BCUT2D eigenvalue weighted by Gasteiger charge is 2.23. The Labute approximate surface area is 156 Å². The first-order chi connectivity index (χ1) is 12.8. The quantitative estimate of drug-likeness (QED) is 0.828. The van der Waals surface area contributed by atoms with Gasteiger partial charge in [-0.2, -0.15) is 0 Å². The van der Waals surface area contributed by atoms with Gasteiger partial charge in [-0.1, -0.05) is 48.9 Å². The van der Waals surface area contributed by atoms with Gasteiger partial charge < -0.3 is 10.1 Å². The van der Waals surface area contributed by atoms with Crippen LogP contribution >= 0.6 is 0 Å². The number of hydrogen-bond acceptors (Lipinski definition) is 3. The third-order valence-corrected chi connectivity index (χ3v) is 5.03. The van der Waals surface area contributed by atoms with Gasteiger partial charge in [-0.05, 0) is 49.2 Å². The molecule has 1 fully saturated rings. The second-order valence-electron chi connectivity index (χ2n) is 6.85. The molecule has 0 saturated carbocycles. The van der Waals surface area contributed by atoms with Gasteiger partial charge in [0.05, 0.1) is 19.6 Å². The summed E-state index contributed by atoms with van der Waals surface area (Å²) >= 11 is 0. The number of ether oxygens (including phenoxy) is 1. The summed E-state index contributed by atoms with van der Waals surface area (Å²) < 4.78 is 5.28. The van der Waals surface area contributed by atoms with E-state index in [0.717, 1.165) is 24.4 Å². The third-order valence-electron chi connectivity index (χ3n) is 5.03. The van der Waals surface area contributed by atoms with E-state index in [1.54, 1.807) is 7.11 Å². The molecule has 0 radical (unpaired) electrons. The molecular weight excluding hydrogens is 324 g/mol. The Morgan fingerprint density at radius 1 is 1.04 bits per heavy atom. The first-order valence-corrected chi connectivity index (χ1v) is 9.45. The lowest BCUT2D eigenvalue weighted by Crippen LogP contribution is -2.41. The maximum absolute atomic E-state index is 12.4. The zero-order chi connectivity index (χ0) is 18.2. The van der Waals surface area contributed by atoms with Crippen molar-refractivity contribution in [1.82, 2.24) is 10.2 Å². The standard InChI is InChI=1S/C22H28N2O2/c1-26-20-12-10-19(11-13-20)21(24-14-6-3-7-15-24)17-23-22(25)16-18-8-4-2-5-9-18/h2,4-5,8-13,21H,3,6-7,14-17H2,1H3,(H,23,25)/t21-/m0/s1. The first kappa shape index (κ1) is 18.5. The van der Waals surface area contributed by atoms with E-state index in [2.05, 4.69) is 22.3 Å². The number of nitrogens with one attached hydrogen (secondary N) is 1. The number of likely N-dealkylation sites (tertiary alicyclic amines) is 1. The van der Waals surface area contributed by atoms with E-state index in [1.165, 1.54) is 24.8 Å². The van der Waals surface area contributed by atoms with Crippen LogP contribution in [0.4, 0.5) is 0 Å². The smallest absolute Gasteiger partial charge is 0.224 e. The summed E-state index contributed by atoms with van der Waals surface area (Å²) in [5, 5.41) is 3.14. The second-order valence-corrected chi connectivity index (χ2v) is 6.85. The van der Waals surface area contributed by atoms with E-state index in [0.29, 0.717) is 13.0 Å². The average molecular weight is 352 g/mol. The molecule has 4 heteroatoms. The number of rotatable bonds is 7. The van der Waals surface area contributed by atoms with E-state index in [1.807, 2.05) is 42.5 Å². The molecule has 0 bridgehead atoms. The van der Waals surface area contributed by atoms with E-state index >= 15 is 0 Å². The highest BCUT2D eigenvalue weighted by atomic mass is 16.5. The minimum absolute atomic E-state index is 0.0757. The highest BCUT2D eigenvalue weighted by Crippen LogP contribution is 2.25.